The highest BCUT2D eigenvalue weighted by atomic mass is 32.2. The number of hydrogen-bond donors (Lipinski definition) is 1. The number of carbonyl (C=O) groups excluding carboxylic acids is 1. The van der Waals surface area contributed by atoms with Gasteiger partial charge in [-0.3, -0.25) is 4.79 Å². The maximum Gasteiger partial charge on any atom is 0.259 e. The topological polar surface area (TPSA) is 80.5 Å². The van der Waals surface area contributed by atoms with Crippen LogP contribution in [0.3, 0.4) is 0 Å². The molecule has 5 nitrogen and oxygen atoms in total. The van der Waals surface area contributed by atoms with Crippen molar-refractivity contribution in [3.8, 4) is 0 Å². The van der Waals surface area contributed by atoms with E-state index in [2.05, 4.69) is 0 Å². The summed E-state index contributed by atoms with van der Waals surface area (Å²) in [5, 5.41) is 0. The van der Waals surface area contributed by atoms with Gasteiger partial charge in [0, 0.05) is 6.54 Å². The molecule has 0 saturated carbocycles. The van der Waals surface area contributed by atoms with Gasteiger partial charge in [0.2, 0.25) is 0 Å². The third kappa shape index (κ3) is 1.64. The summed E-state index contributed by atoms with van der Waals surface area (Å²) < 4.78 is 23.5. The van der Waals surface area contributed by atoms with Gasteiger partial charge < -0.3 is 5.73 Å². The minimum Gasteiger partial charge on any atom is -0.326 e. The molecule has 1 aromatic carbocycles. The van der Waals surface area contributed by atoms with Crippen LogP contribution >= 0.6 is 0 Å². The molecule has 1 heterocycles. The van der Waals surface area contributed by atoms with Crippen LogP contribution < -0.4 is 5.73 Å². The van der Waals surface area contributed by atoms with E-state index in [-0.39, 0.29) is 12.5 Å². The zero-order valence-electron chi connectivity index (χ0n) is 10.4. The van der Waals surface area contributed by atoms with Crippen molar-refractivity contribution in [1.82, 2.24) is 4.31 Å². The molecule has 1 aliphatic heterocycles. The van der Waals surface area contributed by atoms with Gasteiger partial charge in [0.05, 0.1) is 6.54 Å². The van der Waals surface area contributed by atoms with E-state index in [1.54, 1.807) is 12.1 Å². The number of nitrogens with zero attached hydrogens (tertiary/aromatic N) is 1. The van der Waals surface area contributed by atoms with Crippen molar-refractivity contribution >= 4 is 15.9 Å². The molecular formula is C12H16N2O3S. The van der Waals surface area contributed by atoms with Gasteiger partial charge in [-0.15, -0.1) is 0 Å². The van der Waals surface area contributed by atoms with Gasteiger partial charge >= 0.3 is 0 Å². The second kappa shape index (κ2) is 4.07. The highest BCUT2D eigenvalue weighted by molar-refractivity contribution is 7.94. The smallest absolute Gasteiger partial charge is 0.259 e. The van der Waals surface area contributed by atoms with Gasteiger partial charge in [-0.05, 0) is 25.0 Å². The molecule has 0 aliphatic carbocycles. The third-order valence-electron chi connectivity index (χ3n) is 3.33. The summed E-state index contributed by atoms with van der Waals surface area (Å²) in [5.41, 5.74) is 7.21. The summed E-state index contributed by atoms with van der Waals surface area (Å²) in [5.74, 6) is -0.366. The number of carbonyl (C=O) groups is 1. The highest BCUT2D eigenvalue weighted by Gasteiger charge is 2.59. The molecule has 0 bridgehead atoms. The van der Waals surface area contributed by atoms with Crippen LogP contribution in [0.15, 0.2) is 24.3 Å². The number of hydrogen-bond acceptors (Lipinski definition) is 4. The van der Waals surface area contributed by atoms with Crippen LogP contribution in [0.4, 0.5) is 0 Å². The molecule has 1 aromatic rings. The minimum atomic E-state index is -3.53. The molecule has 0 aromatic heterocycles. The molecule has 1 aliphatic rings. The number of amides is 1. The van der Waals surface area contributed by atoms with Crippen molar-refractivity contribution in [2.75, 3.05) is 0 Å². The zero-order chi connectivity index (χ0) is 13.6. The van der Waals surface area contributed by atoms with E-state index in [1.165, 1.54) is 13.8 Å². The predicted molar refractivity (Wildman–Crippen MR) is 67.9 cm³/mol. The van der Waals surface area contributed by atoms with Crippen molar-refractivity contribution in [3.63, 3.8) is 0 Å². The van der Waals surface area contributed by atoms with Crippen LogP contribution in [0.2, 0.25) is 0 Å². The first-order chi connectivity index (χ1) is 8.32. The van der Waals surface area contributed by atoms with E-state index in [0.29, 0.717) is 6.54 Å². The van der Waals surface area contributed by atoms with Gasteiger partial charge in [-0.2, -0.15) is 0 Å². The lowest BCUT2D eigenvalue weighted by molar-refractivity contribution is -0.132. The van der Waals surface area contributed by atoms with Crippen LogP contribution in [-0.2, 0) is 27.9 Å². The van der Waals surface area contributed by atoms with Crippen LogP contribution in [0.1, 0.15) is 25.0 Å². The Morgan fingerprint density at radius 2 is 1.78 bits per heavy atom. The van der Waals surface area contributed by atoms with Gasteiger partial charge in [0.1, 0.15) is 0 Å². The summed E-state index contributed by atoms with van der Waals surface area (Å²) in [7, 11) is -3.53. The van der Waals surface area contributed by atoms with Crippen molar-refractivity contribution < 1.29 is 13.2 Å². The molecule has 1 fully saturated rings. The summed E-state index contributed by atoms with van der Waals surface area (Å²) in [6.07, 6.45) is 0. The van der Waals surface area contributed by atoms with E-state index in [1.807, 2.05) is 12.1 Å². The highest BCUT2D eigenvalue weighted by Crippen LogP contribution is 2.36. The average molecular weight is 268 g/mol. The molecule has 18 heavy (non-hydrogen) atoms. The summed E-state index contributed by atoms with van der Waals surface area (Å²) in [6.45, 7) is 3.24. The fourth-order valence-corrected chi connectivity index (χ4v) is 3.48. The summed E-state index contributed by atoms with van der Waals surface area (Å²) in [4.78, 5) is 11.8. The molecule has 98 valence electrons. The van der Waals surface area contributed by atoms with Crippen LogP contribution in [0, 0.1) is 0 Å². The Bertz CT molecular complexity index is 593. The summed E-state index contributed by atoms with van der Waals surface area (Å²) >= 11 is 0. The molecule has 0 atom stereocenters. The van der Waals surface area contributed by atoms with Crippen LogP contribution in [-0.4, -0.2) is 23.4 Å². The van der Waals surface area contributed by atoms with Crippen molar-refractivity contribution in [3.05, 3.63) is 35.4 Å². The van der Waals surface area contributed by atoms with Gasteiger partial charge in [-0.25, -0.2) is 12.7 Å². The maximum atomic E-state index is 12.0. The van der Waals surface area contributed by atoms with Crippen LogP contribution in [0.5, 0.6) is 0 Å². The normalized spacial score (nSPS) is 20.6. The Labute approximate surface area is 107 Å². The number of rotatable bonds is 3. The van der Waals surface area contributed by atoms with Crippen molar-refractivity contribution in [1.29, 1.82) is 0 Å². The monoisotopic (exact) mass is 268 g/mol. The predicted octanol–water partition coefficient (Wildman–Crippen LogP) is 0.596. The standard InChI is InChI=1S/C12H16N2O3S/c1-12(2)11(15)14(18(12,16)17)8-10-6-4-3-5-9(10)7-13/h3-6H,7-8,13H2,1-2H3. The van der Waals surface area contributed by atoms with E-state index >= 15 is 0 Å². The lowest BCUT2D eigenvalue weighted by Gasteiger charge is -2.43. The molecule has 1 saturated heterocycles. The SMILES string of the molecule is CC1(C)C(=O)N(Cc2ccccc2CN)S1(=O)=O. The number of nitrogens with two attached hydrogens (primary N) is 1. The lowest BCUT2D eigenvalue weighted by Crippen LogP contribution is -2.66. The van der Waals surface area contributed by atoms with Gasteiger partial charge in [-0.1, -0.05) is 24.3 Å². The quantitative estimate of drug-likeness (QED) is 0.870. The molecular weight excluding hydrogens is 252 g/mol. The zero-order valence-corrected chi connectivity index (χ0v) is 11.2. The first-order valence-corrected chi connectivity index (χ1v) is 7.10. The molecule has 0 unspecified atom stereocenters. The largest absolute Gasteiger partial charge is 0.326 e. The summed E-state index contributed by atoms with van der Waals surface area (Å²) in [6, 6.07) is 7.26. The molecule has 0 spiro atoms. The Balaban J connectivity index is 2.30. The number of sulfonamides is 1. The second-order valence-electron chi connectivity index (χ2n) is 4.80. The fourth-order valence-electron chi connectivity index (χ4n) is 1.98. The molecule has 6 heteroatoms. The van der Waals surface area contributed by atoms with E-state index in [4.69, 9.17) is 5.73 Å². The Kier molecular flexibility index (Phi) is 2.95. The molecule has 0 radical (unpaired) electrons. The fraction of sp³-hybridized carbons (Fsp3) is 0.417. The van der Waals surface area contributed by atoms with Gasteiger partial charge in [0.15, 0.2) is 4.75 Å². The molecule has 2 rings (SSSR count). The van der Waals surface area contributed by atoms with Crippen LogP contribution in [0.25, 0.3) is 0 Å². The Morgan fingerprint density at radius 3 is 2.28 bits per heavy atom. The average Bonchev–Trinajstić information content (AvgIpc) is 2.35. The Morgan fingerprint density at radius 1 is 1.22 bits per heavy atom. The minimum absolute atomic E-state index is 0.0674. The lowest BCUT2D eigenvalue weighted by atomic mass is 10.1. The van der Waals surface area contributed by atoms with E-state index < -0.39 is 14.8 Å². The van der Waals surface area contributed by atoms with E-state index in [0.717, 1.165) is 15.4 Å². The van der Waals surface area contributed by atoms with Crippen molar-refractivity contribution in [2.45, 2.75) is 31.7 Å². The first kappa shape index (κ1) is 13.0. The Hall–Kier alpha value is -1.40. The number of benzene rings is 1. The molecule has 1 amide bonds. The van der Waals surface area contributed by atoms with Crippen molar-refractivity contribution in [2.24, 2.45) is 5.73 Å². The third-order valence-corrected chi connectivity index (χ3v) is 5.67. The maximum absolute atomic E-state index is 12.0. The second-order valence-corrected chi connectivity index (χ2v) is 7.21. The first-order valence-electron chi connectivity index (χ1n) is 5.66. The van der Waals surface area contributed by atoms with E-state index in [9.17, 15) is 13.2 Å². The molecule has 2 N–H and O–H groups in total. The van der Waals surface area contributed by atoms with Gasteiger partial charge in [0.25, 0.3) is 15.9 Å².